The van der Waals surface area contributed by atoms with Gasteiger partial charge in [-0.1, -0.05) is 49.5 Å². The topological polar surface area (TPSA) is 37.8 Å². The number of nitrogens with zero attached hydrogens (tertiary/aromatic N) is 2. The van der Waals surface area contributed by atoms with Crippen LogP contribution in [-0.2, 0) is 12.0 Å². The number of rotatable bonds is 4. The number of benzene rings is 1. The lowest BCUT2D eigenvalue weighted by molar-refractivity contribution is 0.590. The van der Waals surface area contributed by atoms with Gasteiger partial charge in [-0.3, -0.25) is 0 Å². The van der Waals surface area contributed by atoms with E-state index in [2.05, 4.69) is 59.9 Å². The molecule has 0 radical (unpaired) electrons. The van der Waals surface area contributed by atoms with Crippen LogP contribution in [0.2, 0.25) is 0 Å². The van der Waals surface area contributed by atoms with Crippen LogP contribution in [0.3, 0.4) is 0 Å². The summed E-state index contributed by atoms with van der Waals surface area (Å²) in [5.74, 6) is 0. The van der Waals surface area contributed by atoms with Crippen LogP contribution >= 0.6 is 11.5 Å². The van der Waals surface area contributed by atoms with Crippen molar-refractivity contribution < 1.29 is 0 Å². The van der Waals surface area contributed by atoms with Gasteiger partial charge in [-0.15, -0.1) is 5.10 Å². The van der Waals surface area contributed by atoms with Gasteiger partial charge in [-0.2, -0.15) is 0 Å². The van der Waals surface area contributed by atoms with E-state index in [1.165, 1.54) is 40.4 Å². The van der Waals surface area contributed by atoms with Gasteiger partial charge in [0, 0.05) is 18.2 Å². The molecule has 0 aliphatic heterocycles. The number of nitrogens with one attached hydrogen (secondary N) is 1. The number of hydrogen-bond donors (Lipinski definition) is 1. The fourth-order valence-corrected chi connectivity index (χ4v) is 2.81. The molecular formula is C16H21N3S. The number of hydrogen-bond acceptors (Lipinski definition) is 4. The molecule has 1 aromatic carbocycles. The summed E-state index contributed by atoms with van der Waals surface area (Å²) in [6.45, 7) is 7.59. The maximum absolute atomic E-state index is 4.31. The zero-order valence-corrected chi connectivity index (χ0v) is 13.1. The molecule has 1 aliphatic rings. The van der Waals surface area contributed by atoms with Crippen LogP contribution in [0, 0.1) is 0 Å². The van der Waals surface area contributed by atoms with Crippen molar-refractivity contribution in [1.82, 2.24) is 14.9 Å². The first-order chi connectivity index (χ1) is 9.54. The van der Waals surface area contributed by atoms with Crippen molar-refractivity contribution in [1.29, 1.82) is 0 Å². The van der Waals surface area contributed by atoms with Gasteiger partial charge in [-0.25, -0.2) is 0 Å². The molecular weight excluding hydrogens is 266 g/mol. The van der Waals surface area contributed by atoms with Crippen molar-refractivity contribution in [3.8, 4) is 11.3 Å². The van der Waals surface area contributed by atoms with Crippen molar-refractivity contribution in [2.45, 2.75) is 51.6 Å². The Kier molecular flexibility index (Phi) is 3.61. The summed E-state index contributed by atoms with van der Waals surface area (Å²) in [6, 6.07) is 9.45. The molecule has 20 heavy (non-hydrogen) atoms. The molecule has 0 atom stereocenters. The zero-order valence-electron chi connectivity index (χ0n) is 12.3. The smallest absolute Gasteiger partial charge is 0.110 e. The Bertz CT molecular complexity index is 577. The Morgan fingerprint density at radius 1 is 1.20 bits per heavy atom. The predicted octanol–water partition coefficient (Wildman–Crippen LogP) is 3.75. The van der Waals surface area contributed by atoms with Crippen molar-refractivity contribution in [3.63, 3.8) is 0 Å². The fraction of sp³-hybridized carbons (Fsp3) is 0.500. The minimum atomic E-state index is 0.190. The van der Waals surface area contributed by atoms with Gasteiger partial charge < -0.3 is 5.32 Å². The van der Waals surface area contributed by atoms with E-state index in [0.717, 1.165) is 12.2 Å². The van der Waals surface area contributed by atoms with Crippen molar-refractivity contribution in [2.24, 2.45) is 0 Å². The van der Waals surface area contributed by atoms with Crippen LogP contribution in [0.4, 0.5) is 0 Å². The van der Waals surface area contributed by atoms with Crippen LogP contribution in [0.1, 0.15) is 44.1 Å². The van der Waals surface area contributed by atoms with Crippen molar-refractivity contribution in [2.75, 3.05) is 0 Å². The number of aromatic nitrogens is 2. The Hall–Kier alpha value is -1.26. The van der Waals surface area contributed by atoms with Crippen molar-refractivity contribution >= 4 is 11.5 Å². The highest BCUT2D eigenvalue weighted by Crippen LogP contribution is 2.28. The molecule has 0 bridgehead atoms. The van der Waals surface area contributed by atoms with Crippen LogP contribution in [0.15, 0.2) is 24.3 Å². The molecule has 1 aliphatic carbocycles. The Morgan fingerprint density at radius 3 is 2.50 bits per heavy atom. The third-order valence-electron chi connectivity index (χ3n) is 3.71. The SMILES string of the molecule is CC(C)(C)c1ccc(-c2nnsc2CNC2CC2)cc1. The molecule has 1 fully saturated rings. The Labute approximate surface area is 124 Å². The summed E-state index contributed by atoms with van der Waals surface area (Å²) >= 11 is 1.50. The fourth-order valence-electron chi connectivity index (χ4n) is 2.20. The largest absolute Gasteiger partial charge is 0.309 e. The third kappa shape index (κ3) is 3.07. The summed E-state index contributed by atoms with van der Waals surface area (Å²) in [5, 5.41) is 7.84. The second-order valence-corrected chi connectivity index (χ2v) is 7.37. The highest BCUT2D eigenvalue weighted by Gasteiger charge is 2.21. The first kappa shape index (κ1) is 13.7. The first-order valence-corrected chi connectivity index (χ1v) is 7.97. The molecule has 3 rings (SSSR count). The maximum atomic E-state index is 4.31. The minimum absolute atomic E-state index is 0.190. The van der Waals surface area contributed by atoms with E-state index in [0.29, 0.717) is 6.04 Å². The van der Waals surface area contributed by atoms with E-state index in [9.17, 15) is 0 Å². The lowest BCUT2D eigenvalue weighted by Gasteiger charge is -2.19. The van der Waals surface area contributed by atoms with Crippen LogP contribution in [0.5, 0.6) is 0 Å². The van der Waals surface area contributed by atoms with Gasteiger partial charge in [0.2, 0.25) is 0 Å². The van der Waals surface area contributed by atoms with E-state index in [1.54, 1.807) is 0 Å². The van der Waals surface area contributed by atoms with Gasteiger partial charge in [0.1, 0.15) is 5.69 Å². The Morgan fingerprint density at radius 2 is 1.90 bits per heavy atom. The zero-order chi connectivity index (χ0) is 14.2. The minimum Gasteiger partial charge on any atom is -0.309 e. The van der Waals surface area contributed by atoms with Gasteiger partial charge in [-0.05, 0) is 35.4 Å². The predicted molar refractivity (Wildman–Crippen MR) is 83.9 cm³/mol. The summed E-state index contributed by atoms with van der Waals surface area (Å²) in [4.78, 5) is 1.24. The summed E-state index contributed by atoms with van der Waals surface area (Å²) in [7, 11) is 0. The first-order valence-electron chi connectivity index (χ1n) is 7.19. The van der Waals surface area contributed by atoms with Crippen molar-refractivity contribution in [3.05, 3.63) is 34.7 Å². The standard InChI is InChI=1S/C16H21N3S/c1-16(2,3)12-6-4-11(5-7-12)15-14(20-19-18-15)10-17-13-8-9-13/h4-7,13,17H,8-10H2,1-3H3. The molecule has 0 amide bonds. The molecule has 4 heteroatoms. The molecule has 1 N–H and O–H groups in total. The van der Waals surface area contributed by atoms with E-state index >= 15 is 0 Å². The molecule has 1 heterocycles. The van der Waals surface area contributed by atoms with Crippen LogP contribution < -0.4 is 5.32 Å². The van der Waals surface area contributed by atoms with E-state index in [1.807, 2.05) is 0 Å². The second-order valence-electron chi connectivity index (χ2n) is 6.53. The summed E-state index contributed by atoms with van der Waals surface area (Å²) < 4.78 is 4.12. The highest BCUT2D eigenvalue weighted by atomic mass is 32.1. The monoisotopic (exact) mass is 287 g/mol. The average molecular weight is 287 g/mol. The molecule has 0 unspecified atom stereocenters. The third-order valence-corrected chi connectivity index (χ3v) is 4.43. The molecule has 0 spiro atoms. The van der Waals surface area contributed by atoms with Gasteiger partial charge >= 0.3 is 0 Å². The van der Waals surface area contributed by atoms with E-state index in [-0.39, 0.29) is 5.41 Å². The van der Waals surface area contributed by atoms with Gasteiger partial charge in [0.05, 0.1) is 4.88 Å². The Balaban J connectivity index is 1.79. The highest BCUT2D eigenvalue weighted by molar-refractivity contribution is 7.05. The molecule has 0 saturated heterocycles. The lowest BCUT2D eigenvalue weighted by Crippen LogP contribution is -2.15. The maximum Gasteiger partial charge on any atom is 0.110 e. The lowest BCUT2D eigenvalue weighted by atomic mass is 9.86. The molecule has 1 saturated carbocycles. The van der Waals surface area contributed by atoms with Crippen LogP contribution in [0.25, 0.3) is 11.3 Å². The molecule has 1 aromatic heterocycles. The molecule has 3 nitrogen and oxygen atoms in total. The quantitative estimate of drug-likeness (QED) is 0.930. The normalized spacial score (nSPS) is 15.6. The summed E-state index contributed by atoms with van der Waals surface area (Å²) in [5.41, 5.74) is 3.74. The van der Waals surface area contributed by atoms with Crippen LogP contribution in [-0.4, -0.2) is 15.6 Å². The van der Waals surface area contributed by atoms with E-state index < -0.39 is 0 Å². The molecule has 2 aromatic rings. The molecule has 106 valence electrons. The van der Waals surface area contributed by atoms with E-state index in [4.69, 9.17) is 0 Å². The second kappa shape index (κ2) is 5.26. The van der Waals surface area contributed by atoms with Gasteiger partial charge in [0.25, 0.3) is 0 Å². The van der Waals surface area contributed by atoms with Gasteiger partial charge in [0.15, 0.2) is 0 Å². The summed E-state index contributed by atoms with van der Waals surface area (Å²) in [6.07, 6.45) is 2.61. The average Bonchev–Trinajstić information content (AvgIpc) is 3.12.